The van der Waals surface area contributed by atoms with Gasteiger partial charge in [0.2, 0.25) is 5.91 Å². The molecule has 0 atom stereocenters. The van der Waals surface area contributed by atoms with Gasteiger partial charge < -0.3 is 5.32 Å². The van der Waals surface area contributed by atoms with Crippen molar-refractivity contribution in [2.24, 2.45) is 0 Å². The fraction of sp³-hybridized carbons (Fsp3) is 0.375. The van der Waals surface area contributed by atoms with Crippen molar-refractivity contribution in [2.45, 2.75) is 49.9 Å². The maximum absolute atomic E-state index is 13.2. The number of halogens is 6. The number of amides is 1. The van der Waals surface area contributed by atoms with E-state index in [-0.39, 0.29) is 30.5 Å². The molecule has 0 spiro atoms. The van der Waals surface area contributed by atoms with Crippen LogP contribution in [0.25, 0.3) is 0 Å². The molecule has 2 nitrogen and oxygen atoms in total. The predicted molar refractivity (Wildman–Crippen MR) is 109 cm³/mol. The highest BCUT2D eigenvalue weighted by Crippen LogP contribution is 2.41. The van der Waals surface area contributed by atoms with E-state index >= 15 is 0 Å². The SMILES string of the molecule is C=C1CCC(C(=O)NCCc2cc(C(F)(F)F)cc(C(F)(F)F)c2)(c2ccccc2)CC1. The summed E-state index contributed by atoms with van der Waals surface area (Å²) in [7, 11) is 0. The van der Waals surface area contributed by atoms with E-state index in [9.17, 15) is 31.1 Å². The third-order valence-corrected chi connectivity index (χ3v) is 5.92. The number of allylic oxidation sites excluding steroid dienone is 1. The van der Waals surface area contributed by atoms with Crippen LogP contribution in [0.4, 0.5) is 26.3 Å². The molecule has 2 aromatic carbocycles. The largest absolute Gasteiger partial charge is 0.416 e. The van der Waals surface area contributed by atoms with Gasteiger partial charge in [-0.25, -0.2) is 0 Å². The Morgan fingerprint density at radius 2 is 1.44 bits per heavy atom. The van der Waals surface area contributed by atoms with Crippen molar-refractivity contribution < 1.29 is 31.1 Å². The minimum atomic E-state index is -4.90. The summed E-state index contributed by atoms with van der Waals surface area (Å²) in [5.41, 5.74) is -1.78. The van der Waals surface area contributed by atoms with E-state index in [4.69, 9.17) is 0 Å². The molecule has 32 heavy (non-hydrogen) atoms. The topological polar surface area (TPSA) is 29.1 Å². The minimum Gasteiger partial charge on any atom is -0.355 e. The molecule has 0 bridgehead atoms. The van der Waals surface area contributed by atoms with Gasteiger partial charge in [-0.15, -0.1) is 0 Å². The summed E-state index contributed by atoms with van der Waals surface area (Å²) in [5, 5.41) is 2.74. The Labute approximate surface area is 182 Å². The highest BCUT2D eigenvalue weighted by molar-refractivity contribution is 5.88. The van der Waals surface area contributed by atoms with Gasteiger partial charge in [-0.1, -0.05) is 42.5 Å². The molecule has 0 aromatic heterocycles. The molecule has 0 unspecified atom stereocenters. The first-order chi connectivity index (χ1) is 14.9. The minimum absolute atomic E-state index is 0.0764. The summed E-state index contributed by atoms with van der Waals surface area (Å²) >= 11 is 0. The highest BCUT2D eigenvalue weighted by atomic mass is 19.4. The van der Waals surface area contributed by atoms with Crippen LogP contribution < -0.4 is 5.32 Å². The molecule has 172 valence electrons. The molecule has 2 aromatic rings. The first kappa shape index (κ1) is 23.9. The molecular formula is C24H23F6NO. The zero-order chi connectivity index (χ0) is 23.6. The second-order valence-corrected chi connectivity index (χ2v) is 8.12. The smallest absolute Gasteiger partial charge is 0.355 e. The molecule has 1 saturated carbocycles. The van der Waals surface area contributed by atoms with Crippen molar-refractivity contribution in [1.29, 1.82) is 0 Å². The molecule has 0 heterocycles. The van der Waals surface area contributed by atoms with Gasteiger partial charge in [0, 0.05) is 6.54 Å². The van der Waals surface area contributed by atoms with Gasteiger partial charge in [-0.05, 0) is 61.4 Å². The Bertz CT molecular complexity index is 936. The fourth-order valence-electron chi connectivity index (χ4n) is 4.09. The lowest BCUT2D eigenvalue weighted by atomic mass is 9.67. The maximum atomic E-state index is 13.2. The van der Waals surface area contributed by atoms with Gasteiger partial charge in [-0.2, -0.15) is 26.3 Å². The third-order valence-electron chi connectivity index (χ3n) is 5.92. The Morgan fingerprint density at radius 1 is 0.906 bits per heavy atom. The van der Waals surface area contributed by atoms with Crippen LogP contribution in [0, 0.1) is 0 Å². The van der Waals surface area contributed by atoms with Gasteiger partial charge in [0.15, 0.2) is 0 Å². The summed E-state index contributed by atoms with van der Waals surface area (Å²) in [5.74, 6) is -0.278. The van der Waals surface area contributed by atoms with Crippen LogP contribution in [-0.2, 0) is 29.0 Å². The van der Waals surface area contributed by atoms with E-state index in [0.29, 0.717) is 37.8 Å². The summed E-state index contributed by atoms with van der Waals surface area (Å²) in [6.45, 7) is 3.90. The highest BCUT2D eigenvalue weighted by Gasteiger charge is 2.41. The third kappa shape index (κ3) is 5.34. The van der Waals surface area contributed by atoms with Crippen molar-refractivity contribution in [1.82, 2.24) is 5.32 Å². The van der Waals surface area contributed by atoms with Crippen molar-refractivity contribution in [3.05, 3.63) is 82.9 Å². The molecule has 1 aliphatic rings. The number of hydrogen-bond acceptors (Lipinski definition) is 1. The normalized spacial score (nSPS) is 16.6. The lowest BCUT2D eigenvalue weighted by molar-refractivity contribution is -0.143. The summed E-state index contributed by atoms with van der Waals surface area (Å²) in [4.78, 5) is 13.2. The van der Waals surface area contributed by atoms with Crippen molar-refractivity contribution in [3.63, 3.8) is 0 Å². The van der Waals surface area contributed by atoms with Crippen molar-refractivity contribution in [3.8, 4) is 0 Å². The summed E-state index contributed by atoms with van der Waals surface area (Å²) < 4.78 is 78.3. The predicted octanol–water partition coefficient (Wildman–Crippen LogP) is 6.45. The number of carbonyl (C=O) groups is 1. The lowest BCUT2D eigenvalue weighted by Gasteiger charge is -2.37. The van der Waals surface area contributed by atoms with Crippen LogP contribution >= 0.6 is 0 Å². The zero-order valence-electron chi connectivity index (χ0n) is 17.2. The molecule has 0 saturated heterocycles. The zero-order valence-corrected chi connectivity index (χ0v) is 17.2. The average molecular weight is 455 g/mol. The first-order valence-electron chi connectivity index (χ1n) is 10.2. The second kappa shape index (κ2) is 9.00. The average Bonchev–Trinajstić information content (AvgIpc) is 2.73. The van der Waals surface area contributed by atoms with Crippen LogP contribution in [0.2, 0.25) is 0 Å². The van der Waals surface area contributed by atoms with E-state index < -0.39 is 28.9 Å². The summed E-state index contributed by atoms with van der Waals surface area (Å²) in [6, 6.07) is 10.7. The standard InChI is InChI=1S/C24H23F6NO/c1-16-7-10-22(11-8-16,18-5-3-2-4-6-18)21(32)31-12-9-17-13-19(23(25,26)27)15-20(14-17)24(28,29)30/h2-6,13-15H,1,7-12H2,(H,31,32). The van der Waals surface area contributed by atoms with E-state index in [1.807, 2.05) is 30.3 Å². The van der Waals surface area contributed by atoms with Gasteiger partial charge in [0.05, 0.1) is 16.5 Å². The number of hydrogen-bond donors (Lipinski definition) is 1. The van der Waals surface area contributed by atoms with Crippen LogP contribution in [-0.4, -0.2) is 12.5 Å². The van der Waals surface area contributed by atoms with E-state index in [2.05, 4.69) is 11.9 Å². The van der Waals surface area contributed by atoms with Crippen LogP contribution in [0.3, 0.4) is 0 Å². The lowest BCUT2D eigenvalue weighted by Crippen LogP contribution is -2.46. The number of benzene rings is 2. The van der Waals surface area contributed by atoms with E-state index in [0.717, 1.165) is 11.1 Å². The molecular weight excluding hydrogens is 432 g/mol. The number of carbonyl (C=O) groups excluding carboxylic acids is 1. The number of alkyl halides is 6. The molecule has 1 aliphatic carbocycles. The molecule has 8 heteroatoms. The Morgan fingerprint density at radius 3 is 1.94 bits per heavy atom. The van der Waals surface area contributed by atoms with Crippen LogP contribution in [0.15, 0.2) is 60.7 Å². The van der Waals surface area contributed by atoms with Crippen molar-refractivity contribution >= 4 is 5.91 Å². The Hall–Kier alpha value is -2.77. The van der Waals surface area contributed by atoms with Gasteiger partial charge in [0.25, 0.3) is 0 Å². The molecule has 0 aliphatic heterocycles. The molecule has 1 fully saturated rings. The fourth-order valence-corrected chi connectivity index (χ4v) is 4.09. The van der Waals surface area contributed by atoms with E-state index in [1.165, 1.54) is 0 Å². The number of rotatable bonds is 5. The van der Waals surface area contributed by atoms with Gasteiger partial charge in [0.1, 0.15) is 0 Å². The van der Waals surface area contributed by atoms with Crippen LogP contribution in [0.1, 0.15) is 47.9 Å². The van der Waals surface area contributed by atoms with Crippen LogP contribution in [0.5, 0.6) is 0 Å². The second-order valence-electron chi connectivity index (χ2n) is 8.12. The molecule has 3 rings (SSSR count). The quantitative estimate of drug-likeness (QED) is 0.407. The Kier molecular flexibility index (Phi) is 6.72. The Balaban J connectivity index is 1.78. The maximum Gasteiger partial charge on any atom is 0.416 e. The monoisotopic (exact) mass is 455 g/mol. The molecule has 0 radical (unpaired) electrons. The van der Waals surface area contributed by atoms with E-state index in [1.54, 1.807) is 0 Å². The van der Waals surface area contributed by atoms with Gasteiger partial charge in [-0.3, -0.25) is 4.79 Å². The number of nitrogens with one attached hydrogen (secondary N) is 1. The van der Waals surface area contributed by atoms with Crippen molar-refractivity contribution in [2.75, 3.05) is 6.54 Å². The first-order valence-corrected chi connectivity index (χ1v) is 10.2. The molecule has 1 amide bonds. The molecule has 1 N–H and O–H groups in total. The summed E-state index contributed by atoms with van der Waals surface area (Å²) in [6.07, 6.45) is -7.53. The van der Waals surface area contributed by atoms with Gasteiger partial charge >= 0.3 is 12.4 Å².